The van der Waals surface area contributed by atoms with Gasteiger partial charge in [0.2, 0.25) is 5.91 Å². The van der Waals surface area contributed by atoms with Crippen LogP contribution in [0.4, 0.5) is 0 Å². The summed E-state index contributed by atoms with van der Waals surface area (Å²) < 4.78 is 5.28. The molecule has 2 rings (SSSR count). The van der Waals surface area contributed by atoms with Crippen LogP contribution in [-0.2, 0) is 11.3 Å². The molecule has 1 N–H and O–H groups in total. The van der Waals surface area contributed by atoms with Gasteiger partial charge < -0.3 is 19.9 Å². The second kappa shape index (κ2) is 8.00. The molecule has 116 valence electrons. The number of methoxy groups -OCH3 is 1. The van der Waals surface area contributed by atoms with E-state index in [4.69, 9.17) is 4.74 Å². The molecule has 1 amide bonds. The van der Waals surface area contributed by atoms with Gasteiger partial charge in [-0.25, -0.2) is 0 Å². The molecule has 0 bridgehead atoms. The Bertz CT molecular complexity index is 457. The van der Waals surface area contributed by atoms with Crippen molar-refractivity contribution < 1.29 is 9.53 Å². The molecule has 1 heterocycles. The van der Waals surface area contributed by atoms with Crippen molar-refractivity contribution in [2.75, 3.05) is 46.9 Å². The number of carbonyl (C=O) groups is 1. The third kappa shape index (κ3) is 5.02. The molecule has 0 unspecified atom stereocenters. The highest BCUT2D eigenvalue weighted by Gasteiger charge is 2.14. The Morgan fingerprint density at radius 3 is 2.67 bits per heavy atom. The molecular weight excluding hydrogens is 266 g/mol. The largest absolute Gasteiger partial charge is 0.496 e. The van der Waals surface area contributed by atoms with Crippen LogP contribution in [0.5, 0.6) is 5.75 Å². The Balaban J connectivity index is 1.70. The van der Waals surface area contributed by atoms with Gasteiger partial charge in [-0.1, -0.05) is 18.2 Å². The number of rotatable bonds is 6. The first-order valence-corrected chi connectivity index (χ1v) is 7.48. The summed E-state index contributed by atoms with van der Waals surface area (Å²) in [6.45, 7) is 5.63. The van der Waals surface area contributed by atoms with Crippen LogP contribution in [0.15, 0.2) is 24.3 Å². The maximum absolute atomic E-state index is 11.9. The minimum Gasteiger partial charge on any atom is -0.496 e. The number of carbonyl (C=O) groups excluding carboxylic acids is 1. The van der Waals surface area contributed by atoms with E-state index in [0.717, 1.165) is 44.0 Å². The molecule has 21 heavy (non-hydrogen) atoms. The number of likely N-dealkylation sites (N-methyl/N-ethyl adjacent to an activating group) is 1. The van der Waals surface area contributed by atoms with Crippen LogP contribution < -0.4 is 10.1 Å². The fourth-order valence-electron chi connectivity index (χ4n) is 2.46. The maximum Gasteiger partial charge on any atom is 0.221 e. The van der Waals surface area contributed by atoms with Crippen molar-refractivity contribution in [2.24, 2.45) is 0 Å². The molecule has 1 aromatic rings. The van der Waals surface area contributed by atoms with Crippen molar-refractivity contribution in [3.63, 3.8) is 0 Å². The summed E-state index contributed by atoms with van der Waals surface area (Å²) in [4.78, 5) is 16.6. The molecule has 0 radical (unpaired) electrons. The highest BCUT2D eigenvalue weighted by molar-refractivity contribution is 5.76. The third-order valence-corrected chi connectivity index (χ3v) is 3.92. The smallest absolute Gasteiger partial charge is 0.221 e. The van der Waals surface area contributed by atoms with E-state index in [1.807, 2.05) is 24.3 Å². The van der Waals surface area contributed by atoms with Crippen molar-refractivity contribution in [1.29, 1.82) is 0 Å². The average Bonchev–Trinajstić information content (AvgIpc) is 2.52. The molecule has 1 fully saturated rings. The molecule has 1 saturated heterocycles. The van der Waals surface area contributed by atoms with Gasteiger partial charge in [0, 0.05) is 51.3 Å². The SMILES string of the molecule is COc1ccccc1CNC(=O)CCN1CCN(C)CC1. The minimum absolute atomic E-state index is 0.0971. The number of nitrogens with zero attached hydrogens (tertiary/aromatic N) is 2. The summed E-state index contributed by atoms with van der Waals surface area (Å²) in [5, 5.41) is 2.97. The van der Waals surface area contributed by atoms with E-state index in [1.165, 1.54) is 0 Å². The first-order valence-electron chi connectivity index (χ1n) is 7.48. The Hall–Kier alpha value is -1.59. The lowest BCUT2D eigenvalue weighted by Crippen LogP contribution is -2.45. The van der Waals surface area contributed by atoms with Crippen LogP contribution in [0.2, 0.25) is 0 Å². The van der Waals surface area contributed by atoms with Crippen molar-refractivity contribution >= 4 is 5.91 Å². The fraction of sp³-hybridized carbons (Fsp3) is 0.562. The van der Waals surface area contributed by atoms with Gasteiger partial charge in [0.1, 0.15) is 5.75 Å². The van der Waals surface area contributed by atoms with Gasteiger partial charge in [-0.2, -0.15) is 0 Å². The second-order valence-corrected chi connectivity index (χ2v) is 5.48. The van der Waals surface area contributed by atoms with Gasteiger partial charge in [-0.3, -0.25) is 4.79 Å². The van der Waals surface area contributed by atoms with Crippen LogP contribution in [0.3, 0.4) is 0 Å². The first-order chi connectivity index (χ1) is 10.2. The van der Waals surface area contributed by atoms with Gasteiger partial charge in [-0.05, 0) is 13.1 Å². The molecule has 0 aliphatic carbocycles. The van der Waals surface area contributed by atoms with E-state index < -0.39 is 0 Å². The molecule has 0 saturated carbocycles. The summed E-state index contributed by atoms with van der Waals surface area (Å²) in [6, 6.07) is 7.76. The summed E-state index contributed by atoms with van der Waals surface area (Å²) in [5.41, 5.74) is 1.01. The summed E-state index contributed by atoms with van der Waals surface area (Å²) >= 11 is 0. The van der Waals surface area contributed by atoms with Crippen molar-refractivity contribution in [3.8, 4) is 5.75 Å². The topological polar surface area (TPSA) is 44.8 Å². The van der Waals surface area contributed by atoms with E-state index in [-0.39, 0.29) is 5.91 Å². The summed E-state index contributed by atoms with van der Waals surface area (Å²) in [7, 11) is 3.78. The predicted molar refractivity (Wildman–Crippen MR) is 83.4 cm³/mol. The number of amides is 1. The van der Waals surface area contributed by atoms with Crippen LogP contribution in [0.25, 0.3) is 0 Å². The Labute approximate surface area is 126 Å². The monoisotopic (exact) mass is 291 g/mol. The van der Waals surface area contributed by atoms with Gasteiger partial charge in [0.15, 0.2) is 0 Å². The molecule has 0 aromatic heterocycles. The van der Waals surface area contributed by atoms with Crippen LogP contribution >= 0.6 is 0 Å². The van der Waals surface area contributed by atoms with Gasteiger partial charge in [0.05, 0.1) is 7.11 Å². The fourth-order valence-corrected chi connectivity index (χ4v) is 2.46. The second-order valence-electron chi connectivity index (χ2n) is 5.48. The van der Waals surface area contributed by atoms with Gasteiger partial charge in [-0.15, -0.1) is 0 Å². The lowest BCUT2D eigenvalue weighted by molar-refractivity contribution is -0.121. The number of para-hydroxylation sites is 1. The van der Waals surface area contributed by atoms with Crippen LogP contribution in [0.1, 0.15) is 12.0 Å². The van der Waals surface area contributed by atoms with Gasteiger partial charge in [0.25, 0.3) is 0 Å². The van der Waals surface area contributed by atoms with Crippen LogP contribution in [-0.4, -0.2) is 62.6 Å². The first kappa shape index (κ1) is 15.8. The lowest BCUT2D eigenvalue weighted by Gasteiger charge is -2.32. The molecule has 5 heteroatoms. The summed E-state index contributed by atoms with van der Waals surface area (Å²) in [6.07, 6.45) is 0.554. The normalized spacial score (nSPS) is 16.7. The molecular formula is C16H25N3O2. The van der Waals surface area contributed by atoms with E-state index in [0.29, 0.717) is 13.0 Å². The van der Waals surface area contributed by atoms with E-state index in [2.05, 4.69) is 22.2 Å². The average molecular weight is 291 g/mol. The molecule has 5 nitrogen and oxygen atoms in total. The van der Waals surface area contributed by atoms with Crippen molar-refractivity contribution in [3.05, 3.63) is 29.8 Å². The highest BCUT2D eigenvalue weighted by atomic mass is 16.5. The highest BCUT2D eigenvalue weighted by Crippen LogP contribution is 2.16. The predicted octanol–water partition coefficient (Wildman–Crippen LogP) is 0.949. The zero-order chi connectivity index (χ0) is 15.1. The number of hydrogen-bond donors (Lipinski definition) is 1. The third-order valence-electron chi connectivity index (χ3n) is 3.92. The molecule has 1 aliphatic heterocycles. The Morgan fingerprint density at radius 2 is 1.95 bits per heavy atom. The van der Waals surface area contributed by atoms with E-state index >= 15 is 0 Å². The zero-order valence-corrected chi connectivity index (χ0v) is 13.0. The lowest BCUT2D eigenvalue weighted by atomic mass is 10.2. The van der Waals surface area contributed by atoms with Crippen molar-refractivity contribution in [1.82, 2.24) is 15.1 Å². The number of nitrogens with one attached hydrogen (secondary N) is 1. The maximum atomic E-state index is 11.9. The Kier molecular flexibility index (Phi) is 6.02. The molecule has 1 aliphatic rings. The zero-order valence-electron chi connectivity index (χ0n) is 13.0. The standard InChI is InChI=1S/C16H25N3O2/c1-18-9-11-19(12-10-18)8-7-16(20)17-13-14-5-3-4-6-15(14)21-2/h3-6H,7-13H2,1-2H3,(H,17,20). The number of piperazine rings is 1. The molecule has 0 atom stereocenters. The Morgan fingerprint density at radius 1 is 1.24 bits per heavy atom. The number of ether oxygens (including phenoxy) is 1. The quantitative estimate of drug-likeness (QED) is 0.847. The van der Waals surface area contributed by atoms with Crippen LogP contribution in [0, 0.1) is 0 Å². The molecule has 1 aromatic carbocycles. The molecule has 0 spiro atoms. The number of hydrogen-bond acceptors (Lipinski definition) is 4. The van der Waals surface area contributed by atoms with Crippen molar-refractivity contribution in [2.45, 2.75) is 13.0 Å². The van der Waals surface area contributed by atoms with Gasteiger partial charge >= 0.3 is 0 Å². The summed E-state index contributed by atoms with van der Waals surface area (Å²) in [5.74, 6) is 0.914. The van der Waals surface area contributed by atoms with E-state index in [9.17, 15) is 4.79 Å². The minimum atomic E-state index is 0.0971. The van der Waals surface area contributed by atoms with E-state index in [1.54, 1.807) is 7.11 Å². The number of benzene rings is 1.